The van der Waals surface area contributed by atoms with Gasteiger partial charge >= 0.3 is 0 Å². The van der Waals surface area contributed by atoms with E-state index in [1.165, 1.54) is 11.3 Å². The monoisotopic (exact) mass is 551 g/mol. The van der Waals surface area contributed by atoms with Gasteiger partial charge in [-0.25, -0.2) is 4.99 Å². The smallest absolute Gasteiger partial charge is 0.255 e. The minimum absolute atomic E-state index is 0. The second-order valence-corrected chi connectivity index (χ2v) is 7.86. The Bertz CT molecular complexity index is 888. The first-order valence-electron chi connectivity index (χ1n) is 10.9. The third-order valence-corrected chi connectivity index (χ3v) is 5.20. The van der Waals surface area contributed by atoms with Gasteiger partial charge in [0, 0.05) is 31.4 Å². The topological polar surface area (TPSA) is 92.0 Å². The maximum atomic E-state index is 10.9. The van der Waals surface area contributed by atoms with Crippen molar-refractivity contribution in [3.8, 4) is 5.75 Å². The van der Waals surface area contributed by atoms with Gasteiger partial charge in [0.25, 0.3) is 5.91 Å². The van der Waals surface area contributed by atoms with Gasteiger partial charge in [0.1, 0.15) is 5.75 Å². The van der Waals surface area contributed by atoms with Crippen molar-refractivity contribution >= 4 is 41.5 Å². The van der Waals surface area contributed by atoms with Crippen molar-refractivity contribution in [2.75, 3.05) is 31.1 Å². The Morgan fingerprint density at radius 3 is 2.75 bits per heavy atom. The normalized spacial score (nSPS) is 16.1. The Balaban J connectivity index is 0.00000363. The highest BCUT2D eigenvalue weighted by atomic mass is 127. The second-order valence-electron chi connectivity index (χ2n) is 7.86. The predicted molar refractivity (Wildman–Crippen MR) is 141 cm³/mol. The molecule has 0 aliphatic carbocycles. The molecule has 0 saturated carbocycles. The number of rotatable bonds is 8. The number of primary amides is 1. The van der Waals surface area contributed by atoms with Crippen molar-refractivity contribution in [2.24, 2.45) is 10.7 Å². The van der Waals surface area contributed by atoms with Crippen LogP contribution in [0.4, 0.5) is 5.69 Å². The van der Waals surface area contributed by atoms with E-state index in [2.05, 4.69) is 53.6 Å². The molecule has 1 fully saturated rings. The number of hydrogen-bond acceptors (Lipinski definition) is 4. The van der Waals surface area contributed by atoms with Crippen LogP contribution in [-0.2, 0) is 11.3 Å². The molecule has 174 valence electrons. The summed E-state index contributed by atoms with van der Waals surface area (Å²) in [6.45, 7) is 7.38. The SMILES string of the molecule is CCNC(=NCc1cccc(OCC(N)=O)c1)NC1CCCN(c2ccc(C)cc2)C1.I. The Labute approximate surface area is 207 Å². The Hall–Kier alpha value is -2.49. The molecule has 2 aromatic rings. The van der Waals surface area contributed by atoms with E-state index in [-0.39, 0.29) is 30.6 Å². The zero-order valence-corrected chi connectivity index (χ0v) is 21.2. The van der Waals surface area contributed by atoms with Crippen LogP contribution < -0.4 is 26.0 Å². The quantitative estimate of drug-likeness (QED) is 0.266. The lowest BCUT2D eigenvalue weighted by Gasteiger charge is -2.35. The number of hydrogen-bond donors (Lipinski definition) is 3. The van der Waals surface area contributed by atoms with E-state index in [4.69, 9.17) is 15.5 Å². The summed E-state index contributed by atoms with van der Waals surface area (Å²) in [5.74, 6) is 0.932. The maximum Gasteiger partial charge on any atom is 0.255 e. The van der Waals surface area contributed by atoms with Crippen LogP contribution in [-0.4, -0.2) is 44.1 Å². The number of guanidine groups is 1. The summed E-state index contributed by atoms with van der Waals surface area (Å²) in [6, 6.07) is 16.6. The summed E-state index contributed by atoms with van der Waals surface area (Å²) in [5, 5.41) is 6.94. The lowest BCUT2D eigenvalue weighted by molar-refractivity contribution is -0.119. The predicted octanol–water partition coefficient (Wildman–Crippen LogP) is 3.20. The Morgan fingerprint density at radius 2 is 2.03 bits per heavy atom. The van der Waals surface area contributed by atoms with Gasteiger partial charge in [0.05, 0.1) is 6.54 Å². The molecule has 1 heterocycles. The van der Waals surface area contributed by atoms with E-state index >= 15 is 0 Å². The van der Waals surface area contributed by atoms with Crippen LogP contribution in [0.5, 0.6) is 5.75 Å². The van der Waals surface area contributed by atoms with Crippen molar-refractivity contribution in [3.63, 3.8) is 0 Å². The molecule has 1 unspecified atom stereocenters. The molecule has 1 atom stereocenters. The highest BCUT2D eigenvalue weighted by Crippen LogP contribution is 2.20. The standard InChI is InChI=1S/C24H33N5O2.HI/c1-3-26-24(27-15-19-6-4-8-22(14-19)31-17-23(25)30)28-20-7-5-13-29(16-20)21-11-9-18(2)10-12-21;/h4,6,8-12,14,20H,3,5,7,13,15-17H2,1-2H3,(H2,25,30)(H2,26,27,28);1H. The first-order chi connectivity index (χ1) is 15.0. The van der Waals surface area contributed by atoms with Gasteiger partial charge in [-0.15, -0.1) is 24.0 Å². The molecule has 1 saturated heterocycles. The van der Waals surface area contributed by atoms with E-state index in [1.54, 1.807) is 6.07 Å². The molecule has 2 aromatic carbocycles. The summed E-state index contributed by atoms with van der Waals surface area (Å²) in [6.07, 6.45) is 2.26. The van der Waals surface area contributed by atoms with E-state index < -0.39 is 5.91 Å². The largest absolute Gasteiger partial charge is 0.484 e. The molecule has 1 aliphatic rings. The number of carbonyl (C=O) groups is 1. The number of amides is 1. The average molecular weight is 551 g/mol. The molecule has 7 nitrogen and oxygen atoms in total. The number of aryl methyl sites for hydroxylation is 1. The molecular weight excluding hydrogens is 517 g/mol. The molecule has 8 heteroatoms. The molecule has 0 aromatic heterocycles. The number of nitrogens with two attached hydrogens (primary N) is 1. The number of carbonyl (C=O) groups excluding carboxylic acids is 1. The summed E-state index contributed by atoms with van der Waals surface area (Å²) in [5.41, 5.74) is 8.70. The van der Waals surface area contributed by atoms with Gasteiger partial charge in [0.15, 0.2) is 12.6 Å². The van der Waals surface area contributed by atoms with E-state index in [1.807, 2.05) is 18.2 Å². The molecule has 0 radical (unpaired) electrons. The van der Waals surface area contributed by atoms with Crippen LogP contribution in [0.25, 0.3) is 0 Å². The number of nitrogens with zero attached hydrogens (tertiary/aromatic N) is 2. The Morgan fingerprint density at radius 1 is 1.25 bits per heavy atom. The molecule has 4 N–H and O–H groups in total. The molecule has 1 amide bonds. The molecule has 3 rings (SSSR count). The number of nitrogens with one attached hydrogen (secondary N) is 2. The zero-order valence-electron chi connectivity index (χ0n) is 18.8. The average Bonchev–Trinajstić information content (AvgIpc) is 2.77. The summed E-state index contributed by atoms with van der Waals surface area (Å²) in [7, 11) is 0. The van der Waals surface area contributed by atoms with Crippen LogP contribution in [0.2, 0.25) is 0 Å². The number of benzene rings is 2. The summed E-state index contributed by atoms with van der Waals surface area (Å²) >= 11 is 0. The first-order valence-corrected chi connectivity index (χ1v) is 10.9. The van der Waals surface area contributed by atoms with Crippen molar-refractivity contribution in [1.29, 1.82) is 0 Å². The van der Waals surface area contributed by atoms with Gasteiger partial charge < -0.3 is 26.0 Å². The molecular formula is C24H34IN5O2. The van der Waals surface area contributed by atoms with Crippen LogP contribution in [0, 0.1) is 6.92 Å². The molecule has 32 heavy (non-hydrogen) atoms. The van der Waals surface area contributed by atoms with E-state index in [9.17, 15) is 4.79 Å². The van der Waals surface area contributed by atoms with Crippen molar-refractivity contribution in [3.05, 3.63) is 59.7 Å². The van der Waals surface area contributed by atoms with E-state index in [0.717, 1.165) is 44.0 Å². The van der Waals surface area contributed by atoms with Crippen LogP contribution in [0.15, 0.2) is 53.5 Å². The fraction of sp³-hybridized carbons (Fsp3) is 0.417. The number of piperidine rings is 1. The lowest BCUT2D eigenvalue weighted by atomic mass is 10.0. The van der Waals surface area contributed by atoms with Crippen molar-refractivity contribution in [1.82, 2.24) is 10.6 Å². The van der Waals surface area contributed by atoms with Gasteiger partial charge in [-0.3, -0.25) is 4.79 Å². The first kappa shape index (κ1) is 25.8. The third-order valence-electron chi connectivity index (χ3n) is 5.20. The van der Waals surface area contributed by atoms with Crippen LogP contribution in [0.3, 0.4) is 0 Å². The number of anilines is 1. The van der Waals surface area contributed by atoms with Gasteiger partial charge in [-0.05, 0) is 56.5 Å². The molecule has 0 bridgehead atoms. The van der Waals surface area contributed by atoms with Crippen molar-refractivity contribution in [2.45, 2.75) is 39.3 Å². The fourth-order valence-electron chi connectivity index (χ4n) is 3.66. The van der Waals surface area contributed by atoms with Crippen molar-refractivity contribution < 1.29 is 9.53 Å². The number of ether oxygens (including phenoxy) is 1. The highest BCUT2D eigenvalue weighted by Gasteiger charge is 2.21. The fourth-order valence-corrected chi connectivity index (χ4v) is 3.66. The molecule has 1 aliphatic heterocycles. The zero-order chi connectivity index (χ0) is 22.1. The van der Waals surface area contributed by atoms with Crippen LogP contribution in [0.1, 0.15) is 30.9 Å². The highest BCUT2D eigenvalue weighted by molar-refractivity contribution is 14.0. The minimum atomic E-state index is -0.491. The lowest BCUT2D eigenvalue weighted by Crippen LogP contribution is -2.51. The third kappa shape index (κ3) is 8.22. The molecule has 0 spiro atoms. The second kappa shape index (κ2) is 13.1. The van der Waals surface area contributed by atoms with Gasteiger partial charge in [-0.2, -0.15) is 0 Å². The number of aliphatic imine (C=N–C) groups is 1. The van der Waals surface area contributed by atoms with Gasteiger partial charge in [-0.1, -0.05) is 29.8 Å². The maximum absolute atomic E-state index is 10.9. The summed E-state index contributed by atoms with van der Waals surface area (Å²) in [4.78, 5) is 18.1. The van der Waals surface area contributed by atoms with Crippen LogP contribution >= 0.6 is 24.0 Å². The minimum Gasteiger partial charge on any atom is -0.484 e. The van der Waals surface area contributed by atoms with Gasteiger partial charge in [0.2, 0.25) is 0 Å². The van der Waals surface area contributed by atoms with E-state index in [0.29, 0.717) is 18.3 Å². The number of halogens is 1. The Kier molecular flexibility index (Phi) is 10.6. The summed E-state index contributed by atoms with van der Waals surface area (Å²) < 4.78 is 5.39.